The van der Waals surface area contributed by atoms with Crippen LogP contribution in [0.5, 0.6) is 0 Å². The van der Waals surface area contributed by atoms with Gasteiger partial charge in [0.15, 0.2) is 5.70 Å². The molecule has 0 amide bonds. The van der Waals surface area contributed by atoms with Crippen LogP contribution in [0.3, 0.4) is 0 Å². The molecule has 1 aliphatic rings. The number of ether oxygens (including phenoxy) is 1. The summed E-state index contributed by atoms with van der Waals surface area (Å²) in [5.74, 6) is -0.224. The van der Waals surface area contributed by atoms with Crippen LogP contribution in [0, 0.1) is 10.5 Å². The molecule has 0 fully saturated rings. The van der Waals surface area contributed by atoms with Crippen molar-refractivity contribution in [1.82, 2.24) is 9.78 Å². The van der Waals surface area contributed by atoms with Crippen LogP contribution in [0.25, 0.3) is 11.8 Å². The lowest BCUT2D eigenvalue weighted by atomic mass is 10.2. The van der Waals surface area contributed by atoms with Crippen LogP contribution in [0.4, 0.5) is 0 Å². The molecule has 134 valence electrons. The third-order valence-corrected chi connectivity index (χ3v) is 5.12. The molecule has 0 unspecified atom stereocenters. The number of halogens is 2. The van der Waals surface area contributed by atoms with E-state index in [1.165, 1.54) is 0 Å². The topological polar surface area (TPSA) is 56.5 Å². The Balaban J connectivity index is 1.72. The molecule has 5 nitrogen and oxygen atoms in total. The fourth-order valence-electron chi connectivity index (χ4n) is 2.68. The minimum atomic E-state index is -0.508. The van der Waals surface area contributed by atoms with Crippen molar-refractivity contribution in [1.29, 1.82) is 0 Å². The van der Waals surface area contributed by atoms with Crippen LogP contribution in [-0.2, 0) is 9.53 Å². The van der Waals surface area contributed by atoms with Crippen molar-refractivity contribution in [2.24, 2.45) is 4.99 Å². The van der Waals surface area contributed by atoms with E-state index in [0.29, 0.717) is 16.4 Å². The highest BCUT2D eigenvalue weighted by Crippen LogP contribution is 2.28. The molecule has 4 rings (SSSR count). The maximum absolute atomic E-state index is 12.3. The number of benzene rings is 2. The van der Waals surface area contributed by atoms with Gasteiger partial charge in [0.25, 0.3) is 0 Å². The van der Waals surface area contributed by atoms with Crippen LogP contribution in [-0.4, -0.2) is 21.6 Å². The highest BCUT2D eigenvalue weighted by Gasteiger charge is 2.25. The summed E-state index contributed by atoms with van der Waals surface area (Å²) in [6.07, 6.45) is 1.62. The second-order valence-electron chi connectivity index (χ2n) is 5.88. The molecule has 3 aromatic rings. The molecule has 0 spiro atoms. The van der Waals surface area contributed by atoms with Gasteiger partial charge in [-0.15, -0.1) is 0 Å². The van der Waals surface area contributed by atoms with Crippen molar-refractivity contribution in [2.45, 2.75) is 6.92 Å². The average molecular weight is 490 g/mol. The van der Waals surface area contributed by atoms with Crippen molar-refractivity contribution < 1.29 is 9.53 Å². The molecule has 0 bridgehead atoms. The zero-order valence-electron chi connectivity index (χ0n) is 14.2. The number of carbonyl (C=O) groups is 1. The summed E-state index contributed by atoms with van der Waals surface area (Å²) in [6, 6.07) is 17.1. The molecule has 1 aromatic heterocycles. The van der Waals surface area contributed by atoms with Crippen LogP contribution in [0.15, 0.2) is 65.3 Å². The van der Waals surface area contributed by atoms with Gasteiger partial charge < -0.3 is 4.74 Å². The molecule has 1 aliphatic heterocycles. The van der Waals surface area contributed by atoms with Gasteiger partial charge in [0, 0.05) is 14.7 Å². The number of aryl methyl sites for hydroxylation is 1. The smallest absolute Gasteiger partial charge is 0.363 e. The normalized spacial score (nSPS) is 15.1. The van der Waals surface area contributed by atoms with E-state index in [4.69, 9.17) is 16.3 Å². The number of aromatic nitrogens is 2. The maximum atomic E-state index is 12.3. The number of esters is 1. The summed E-state index contributed by atoms with van der Waals surface area (Å²) in [6.45, 7) is 1.84. The van der Waals surface area contributed by atoms with Gasteiger partial charge in [-0.1, -0.05) is 29.8 Å². The number of hydrogen-bond acceptors (Lipinski definition) is 4. The Morgan fingerprint density at radius 3 is 2.52 bits per heavy atom. The van der Waals surface area contributed by atoms with Crippen molar-refractivity contribution in [3.63, 3.8) is 0 Å². The Kier molecular flexibility index (Phi) is 4.84. The second-order valence-corrected chi connectivity index (χ2v) is 7.48. The zero-order chi connectivity index (χ0) is 19.0. The van der Waals surface area contributed by atoms with Gasteiger partial charge >= 0.3 is 5.97 Å². The molecule has 0 N–H and O–H groups in total. The van der Waals surface area contributed by atoms with E-state index >= 15 is 0 Å². The lowest BCUT2D eigenvalue weighted by Gasteiger charge is -2.01. The molecule has 27 heavy (non-hydrogen) atoms. The highest BCUT2D eigenvalue weighted by molar-refractivity contribution is 14.1. The lowest BCUT2D eigenvalue weighted by molar-refractivity contribution is -0.129. The molecule has 0 aliphatic carbocycles. The fraction of sp³-hybridized carbons (Fsp3) is 0.0500. The average Bonchev–Trinajstić information content (AvgIpc) is 3.18. The first-order chi connectivity index (χ1) is 13.0. The number of carbonyl (C=O) groups excluding carboxylic acids is 1. The number of cyclic esters (lactones) is 1. The third kappa shape index (κ3) is 3.54. The van der Waals surface area contributed by atoms with Crippen LogP contribution in [0.2, 0.25) is 5.15 Å². The van der Waals surface area contributed by atoms with Gasteiger partial charge in [-0.2, -0.15) is 5.10 Å². The van der Waals surface area contributed by atoms with Crippen molar-refractivity contribution in [3.05, 3.63) is 85.8 Å². The standard InChI is InChI=1S/C20H13ClIN3O2/c1-12-16(18(21)25(24-12)15-5-3-2-4-6-15)11-17-20(26)27-19(23-17)13-7-9-14(22)10-8-13/h2-11H,1H3/b17-11-. The Bertz CT molecular complexity index is 1090. The molecular weight excluding hydrogens is 477 g/mol. The van der Waals surface area contributed by atoms with Crippen molar-refractivity contribution >= 4 is 52.1 Å². The number of aliphatic imine (C=N–C) groups is 1. The minimum absolute atomic E-state index is 0.196. The third-order valence-electron chi connectivity index (χ3n) is 4.04. The number of hydrogen-bond donors (Lipinski definition) is 0. The Morgan fingerprint density at radius 1 is 1.11 bits per heavy atom. The summed E-state index contributed by atoms with van der Waals surface area (Å²) < 4.78 is 8.04. The lowest BCUT2D eigenvalue weighted by Crippen LogP contribution is -2.05. The quantitative estimate of drug-likeness (QED) is 0.302. The monoisotopic (exact) mass is 489 g/mol. The van der Waals surface area contributed by atoms with Gasteiger partial charge in [-0.3, -0.25) is 0 Å². The Morgan fingerprint density at radius 2 is 1.81 bits per heavy atom. The SMILES string of the molecule is Cc1nn(-c2ccccc2)c(Cl)c1/C=C1\N=C(c2ccc(I)cc2)OC1=O. The first-order valence-corrected chi connectivity index (χ1v) is 9.57. The van der Waals surface area contributed by atoms with Crippen molar-refractivity contribution in [2.75, 3.05) is 0 Å². The largest absolute Gasteiger partial charge is 0.402 e. The van der Waals surface area contributed by atoms with Gasteiger partial charge in [-0.05, 0) is 72.0 Å². The van der Waals surface area contributed by atoms with E-state index in [-0.39, 0.29) is 11.6 Å². The molecule has 2 heterocycles. The molecular formula is C20H13ClIN3O2. The van der Waals surface area contributed by atoms with Gasteiger partial charge in [0.2, 0.25) is 5.90 Å². The zero-order valence-corrected chi connectivity index (χ0v) is 17.1. The number of nitrogens with zero attached hydrogens (tertiary/aromatic N) is 3. The minimum Gasteiger partial charge on any atom is -0.402 e. The molecule has 2 aromatic carbocycles. The predicted octanol–water partition coefficient (Wildman–Crippen LogP) is 4.78. The van der Waals surface area contributed by atoms with Crippen LogP contribution < -0.4 is 0 Å². The van der Waals surface area contributed by atoms with Crippen LogP contribution >= 0.6 is 34.2 Å². The van der Waals surface area contributed by atoms with E-state index in [1.807, 2.05) is 61.5 Å². The van der Waals surface area contributed by atoms with Gasteiger partial charge in [0.1, 0.15) is 5.15 Å². The van der Waals surface area contributed by atoms with E-state index in [9.17, 15) is 4.79 Å². The summed E-state index contributed by atoms with van der Waals surface area (Å²) >= 11 is 8.73. The van der Waals surface area contributed by atoms with Gasteiger partial charge in [-0.25, -0.2) is 14.5 Å². The number of rotatable bonds is 3. The molecule has 0 atom stereocenters. The predicted molar refractivity (Wildman–Crippen MR) is 113 cm³/mol. The summed E-state index contributed by atoms with van der Waals surface area (Å²) in [5.41, 5.74) is 3.12. The van der Waals surface area contributed by atoms with E-state index in [1.54, 1.807) is 10.8 Å². The number of para-hydroxylation sites is 1. The molecule has 7 heteroatoms. The Hall–Kier alpha value is -2.45. The molecule has 0 saturated carbocycles. The summed E-state index contributed by atoms with van der Waals surface area (Å²) in [7, 11) is 0. The van der Waals surface area contributed by atoms with Gasteiger partial charge in [0.05, 0.1) is 11.4 Å². The van der Waals surface area contributed by atoms with E-state index in [0.717, 1.165) is 14.8 Å². The Labute approximate surface area is 174 Å². The second kappa shape index (κ2) is 7.28. The maximum Gasteiger partial charge on any atom is 0.363 e. The summed E-state index contributed by atoms with van der Waals surface area (Å²) in [4.78, 5) is 16.6. The fourth-order valence-corrected chi connectivity index (χ4v) is 3.36. The van der Waals surface area contributed by atoms with Crippen LogP contribution in [0.1, 0.15) is 16.8 Å². The molecule has 0 saturated heterocycles. The van der Waals surface area contributed by atoms with E-state index in [2.05, 4.69) is 32.7 Å². The first kappa shape index (κ1) is 17.9. The van der Waals surface area contributed by atoms with Crippen molar-refractivity contribution in [3.8, 4) is 5.69 Å². The summed E-state index contributed by atoms with van der Waals surface area (Å²) in [5, 5.41) is 4.89. The van der Waals surface area contributed by atoms with E-state index < -0.39 is 5.97 Å². The molecule has 0 radical (unpaired) electrons. The highest BCUT2D eigenvalue weighted by atomic mass is 127. The first-order valence-electron chi connectivity index (χ1n) is 8.12.